The van der Waals surface area contributed by atoms with Crippen LogP contribution in [0.5, 0.6) is 0 Å². The van der Waals surface area contributed by atoms with E-state index in [9.17, 15) is 10.1 Å². The van der Waals surface area contributed by atoms with Crippen LogP contribution in [-0.2, 0) is 0 Å². The Morgan fingerprint density at radius 3 is 2.48 bits per heavy atom. The second-order valence-electron chi connectivity index (χ2n) is 6.20. The van der Waals surface area contributed by atoms with Crippen LogP contribution in [0.15, 0.2) is 6.33 Å². The van der Waals surface area contributed by atoms with Crippen molar-refractivity contribution < 1.29 is 4.92 Å². The molecule has 0 aromatic carbocycles. The highest BCUT2D eigenvalue weighted by Gasteiger charge is 2.28. The third-order valence-corrected chi connectivity index (χ3v) is 3.20. The van der Waals surface area contributed by atoms with E-state index in [0.717, 1.165) is 32.4 Å². The molecule has 1 aromatic rings. The molecule has 21 heavy (non-hydrogen) atoms. The van der Waals surface area contributed by atoms with Crippen molar-refractivity contribution in [2.45, 2.75) is 45.6 Å². The van der Waals surface area contributed by atoms with Gasteiger partial charge in [0, 0.05) is 18.6 Å². The molecule has 0 unspecified atom stereocenters. The summed E-state index contributed by atoms with van der Waals surface area (Å²) in [5.74, 6) is 0.596. The zero-order valence-corrected chi connectivity index (χ0v) is 12.7. The predicted molar refractivity (Wildman–Crippen MR) is 81.3 cm³/mol. The van der Waals surface area contributed by atoms with Crippen molar-refractivity contribution in [3.63, 3.8) is 0 Å². The van der Waals surface area contributed by atoms with Crippen LogP contribution < -0.4 is 15.8 Å². The summed E-state index contributed by atoms with van der Waals surface area (Å²) in [5.41, 5.74) is 5.54. The molecule has 0 radical (unpaired) electrons. The number of rotatable bonds is 4. The average Bonchev–Trinajstić information content (AvgIpc) is 2.44. The number of nitrogens with zero attached hydrogens (tertiary/aromatic N) is 4. The van der Waals surface area contributed by atoms with Crippen molar-refractivity contribution in [2.75, 3.05) is 23.4 Å². The number of hydrazine groups is 1. The third kappa shape index (κ3) is 4.01. The smallest absolute Gasteiger partial charge is 0.351 e. The molecule has 1 fully saturated rings. The van der Waals surface area contributed by atoms with Crippen molar-refractivity contribution in [1.29, 1.82) is 0 Å². The van der Waals surface area contributed by atoms with E-state index >= 15 is 0 Å². The molecule has 0 atom stereocenters. The molecule has 8 heteroatoms. The van der Waals surface area contributed by atoms with Crippen LogP contribution >= 0.6 is 0 Å². The normalized spacial score (nSPS) is 15.9. The standard InChI is InChI=1S/C13H22N6O2/c1-13(2,3)17-16-11-10(19(20)21)12(15-9-14-11)18-7-5-4-6-8-18/h9,17H,4-8H2,1-3H3,(H,14,15,16). The van der Waals surface area contributed by atoms with Crippen molar-refractivity contribution in [2.24, 2.45) is 0 Å². The summed E-state index contributed by atoms with van der Waals surface area (Å²) >= 11 is 0. The maximum atomic E-state index is 11.4. The fourth-order valence-corrected chi connectivity index (χ4v) is 2.21. The van der Waals surface area contributed by atoms with E-state index in [1.54, 1.807) is 0 Å². The number of anilines is 2. The Morgan fingerprint density at radius 2 is 1.90 bits per heavy atom. The topological polar surface area (TPSA) is 96.2 Å². The van der Waals surface area contributed by atoms with Gasteiger partial charge >= 0.3 is 5.69 Å². The van der Waals surface area contributed by atoms with Gasteiger partial charge in [-0.2, -0.15) is 0 Å². The first-order chi connectivity index (χ1) is 9.88. The summed E-state index contributed by atoms with van der Waals surface area (Å²) in [6.45, 7) is 7.46. The fraction of sp³-hybridized carbons (Fsp3) is 0.692. The van der Waals surface area contributed by atoms with E-state index in [1.165, 1.54) is 6.33 Å². The van der Waals surface area contributed by atoms with E-state index in [2.05, 4.69) is 20.8 Å². The molecule has 0 saturated carbocycles. The zero-order valence-electron chi connectivity index (χ0n) is 12.7. The highest BCUT2D eigenvalue weighted by molar-refractivity contribution is 5.70. The van der Waals surface area contributed by atoms with Crippen LogP contribution in [0.1, 0.15) is 40.0 Å². The van der Waals surface area contributed by atoms with Crippen LogP contribution in [0, 0.1) is 10.1 Å². The van der Waals surface area contributed by atoms with E-state index in [1.807, 2.05) is 25.7 Å². The van der Waals surface area contributed by atoms with Gasteiger partial charge in [0.05, 0.1) is 4.92 Å². The molecule has 0 aliphatic carbocycles. The number of hydrogen-bond donors (Lipinski definition) is 2. The largest absolute Gasteiger partial charge is 0.354 e. The summed E-state index contributed by atoms with van der Waals surface area (Å²) in [6, 6.07) is 0. The van der Waals surface area contributed by atoms with Crippen LogP contribution in [0.4, 0.5) is 17.3 Å². The number of aromatic nitrogens is 2. The van der Waals surface area contributed by atoms with Gasteiger partial charge in [-0.1, -0.05) is 0 Å². The lowest BCUT2D eigenvalue weighted by molar-refractivity contribution is -0.383. The Bertz CT molecular complexity index is 508. The maximum absolute atomic E-state index is 11.4. The monoisotopic (exact) mass is 294 g/mol. The molecule has 2 heterocycles. The first kappa shape index (κ1) is 15.4. The van der Waals surface area contributed by atoms with Crippen LogP contribution in [-0.4, -0.2) is 33.5 Å². The van der Waals surface area contributed by atoms with E-state index in [4.69, 9.17) is 0 Å². The quantitative estimate of drug-likeness (QED) is 0.648. The summed E-state index contributed by atoms with van der Waals surface area (Å²) < 4.78 is 0. The maximum Gasteiger partial charge on any atom is 0.354 e. The Labute approximate surface area is 124 Å². The molecule has 2 N–H and O–H groups in total. The SMILES string of the molecule is CC(C)(C)NNc1ncnc(N2CCCCC2)c1[N+](=O)[O-]. The molecule has 1 saturated heterocycles. The second-order valence-corrected chi connectivity index (χ2v) is 6.20. The highest BCUT2D eigenvalue weighted by Crippen LogP contribution is 2.32. The summed E-state index contributed by atoms with van der Waals surface area (Å²) in [6.07, 6.45) is 4.59. The predicted octanol–water partition coefficient (Wildman–Crippen LogP) is 2.09. The lowest BCUT2D eigenvalue weighted by Gasteiger charge is -2.27. The van der Waals surface area contributed by atoms with Crippen LogP contribution in [0.25, 0.3) is 0 Å². The molecule has 1 aliphatic heterocycles. The molecule has 2 rings (SSSR count). The van der Waals surface area contributed by atoms with E-state index < -0.39 is 4.92 Å². The van der Waals surface area contributed by atoms with Crippen LogP contribution in [0.3, 0.4) is 0 Å². The molecule has 1 aliphatic rings. The highest BCUT2D eigenvalue weighted by atomic mass is 16.6. The number of piperidine rings is 1. The molecule has 0 spiro atoms. The first-order valence-electron chi connectivity index (χ1n) is 7.16. The van der Waals surface area contributed by atoms with Gasteiger partial charge in [0.2, 0.25) is 11.6 Å². The van der Waals surface area contributed by atoms with E-state index in [-0.39, 0.29) is 17.0 Å². The number of hydrogen-bond acceptors (Lipinski definition) is 7. The third-order valence-electron chi connectivity index (χ3n) is 3.20. The van der Waals surface area contributed by atoms with Gasteiger partial charge in [-0.25, -0.2) is 15.4 Å². The molecular weight excluding hydrogens is 272 g/mol. The Balaban J connectivity index is 2.30. The molecule has 1 aromatic heterocycles. The number of nitro groups is 1. The minimum atomic E-state index is -0.420. The lowest BCUT2D eigenvalue weighted by atomic mass is 10.1. The van der Waals surface area contributed by atoms with Gasteiger partial charge in [0.25, 0.3) is 0 Å². The zero-order chi connectivity index (χ0) is 15.5. The molecule has 0 amide bonds. The Hall–Kier alpha value is -1.96. The summed E-state index contributed by atoms with van der Waals surface area (Å²) in [7, 11) is 0. The minimum Gasteiger partial charge on any atom is -0.351 e. The molecular formula is C13H22N6O2. The first-order valence-corrected chi connectivity index (χ1v) is 7.16. The van der Waals surface area contributed by atoms with Crippen molar-refractivity contribution in [3.8, 4) is 0 Å². The van der Waals surface area contributed by atoms with Gasteiger partial charge in [0.1, 0.15) is 6.33 Å². The average molecular weight is 294 g/mol. The molecule has 0 bridgehead atoms. The van der Waals surface area contributed by atoms with Gasteiger partial charge in [-0.15, -0.1) is 0 Å². The molecule has 116 valence electrons. The van der Waals surface area contributed by atoms with Crippen molar-refractivity contribution >= 4 is 17.3 Å². The van der Waals surface area contributed by atoms with Crippen molar-refractivity contribution in [3.05, 3.63) is 16.4 Å². The van der Waals surface area contributed by atoms with E-state index in [0.29, 0.717) is 5.82 Å². The van der Waals surface area contributed by atoms with Crippen LogP contribution in [0.2, 0.25) is 0 Å². The van der Waals surface area contributed by atoms with Gasteiger partial charge < -0.3 is 4.90 Å². The van der Waals surface area contributed by atoms with Gasteiger partial charge in [0.15, 0.2) is 0 Å². The minimum absolute atomic E-state index is 0.0730. The Kier molecular flexibility index (Phi) is 4.56. The second kappa shape index (κ2) is 6.21. The number of nitrogens with one attached hydrogen (secondary N) is 2. The lowest BCUT2D eigenvalue weighted by Crippen LogP contribution is -2.40. The Morgan fingerprint density at radius 1 is 1.24 bits per heavy atom. The molecule has 8 nitrogen and oxygen atoms in total. The summed E-state index contributed by atoms with van der Waals surface area (Å²) in [5, 5.41) is 11.4. The fourth-order valence-electron chi connectivity index (χ4n) is 2.21. The summed E-state index contributed by atoms with van der Waals surface area (Å²) in [4.78, 5) is 21.1. The van der Waals surface area contributed by atoms with Crippen molar-refractivity contribution in [1.82, 2.24) is 15.4 Å². The van der Waals surface area contributed by atoms with Gasteiger partial charge in [-0.05, 0) is 40.0 Å². The van der Waals surface area contributed by atoms with Gasteiger partial charge in [-0.3, -0.25) is 15.5 Å².